The van der Waals surface area contributed by atoms with Gasteiger partial charge in [-0.3, -0.25) is 4.79 Å². The first-order valence-electron chi connectivity index (χ1n) is 8.75. The zero-order chi connectivity index (χ0) is 18.2. The topological polar surface area (TPSA) is 62.4 Å². The first-order chi connectivity index (χ1) is 12.8. The van der Waals surface area contributed by atoms with Crippen LogP contribution in [0.3, 0.4) is 0 Å². The van der Waals surface area contributed by atoms with Crippen molar-refractivity contribution in [1.82, 2.24) is 16.2 Å². The van der Waals surface area contributed by atoms with Crippen LogP contribution in [0.1, 0.15) is 23.6 Å². The number of hydrazine groups is 1. The molecule has 1 aliphatic heterocycles. The van der Waals surface area contributed by atoms with Gasteiger partial charge in [-0.2, -0.15) is 0 Å². The first-order valence-corrected chi connectivity index (χ1v) is 8.75. The van der Waals surface area contributed by atoms with Crippen LogP contribution >= 0.6 is 0 Å². The van der Waals surface area contributed by atoms with E-state index in [4.69, 9.17) is 11.2 Å². The van der Waals surface area contributed by atoms with E-state index in [-0.39, 0.29) is 24.6 Å². The average Bonchev–Trinajstić information content (AvgIpc) is 3.18. The molecule has 2 aromatic carbocycles. The van der Waals surface area contributed by atoms with Gasteiger partial charge in [0.2, 0.25) is 5.91 Å². The fourth-order valence-electron chi connectivity index (χ4n) is 2.96. The molecule has 134 valence electrons. The zero-order valence-electron chi connectivity index (χ0n) is 14.6. The molecule has 0 saturated carbocycles. The van der Waals surface area contributed by atoms with E-state index in [1.165, 1.54) is 5.56 Å². The van der Waals surface area contributed by atoms with Gasteiger partial charge in [0.05, 0.1) is 0 Å². The van der Waals surface area contributed by atoms with Gasteiger partial charge in [0.15, 0.2) is 0 Å². The van der Waals surface area contributed by atoms with E-state index in [1.54, 1.807) is 0 Å². The minimum atomic E-state index is -0.222. The van der Waals surface area contributed by atoms with Gasteiger partial charge in [-0.15, -0.1) is 6.42 Å². The molecule has 2 atom stereocenters. The molecule has 0 spiro atoms. The quantitative estimate of drug-likeness (QED) is 0.669. The largest absolute Gasteiger partial charge is 0.481 e. The van der Waals surface area contributed by atoms with Crippen LogP contribution in [0.15, 0.2) is 54.6 Å². The monoisotopic (exact) mass is 349 g/mol. The Labute approximate surface area is 154 Å². The number of terminal acetylenes is 1. The SMILES string of the molecule is C#CCOc1ccc(CCNC(=O)C2CC(c3ccccc3)NN2)cc1. The normalized spacial score (nSPS) is 18.9. The van der Waals surface area contributed by atoms with Gasteiger partial charge in [0.25, 0.3) is 0 Å². The van der Waals surface area contributed by atoms with E-state index < -0.39 is 0 Å². The Balaban J connectivity index is 1.41. The van der Waals surface area contributed by atoms with E-state index in [0.29, 0.717) is 6.54 Å². The number of hydrogen-bond acceptors (Lipinski definition) is 4. The lowest BCUT2D eigenvalue weighted by atomic mass is 10.0. The molecule has 5 nitrogen and oxygen atoms in total. The van der Waals surface area contributed by atoms with Crippen molar-refractivity contribution in [1.29, 1.82) is 0 Å². The number of carbonyl (C=O) groups is 1. The molecule has 1 saturated heterocycles. The van der Waals surface area contributed by atoms with E-state index in [2.05, 4.69) is 34.2 Å². The lowest BCUT2D eigenvalue weighted by Crippen LogP contribution is -2.43. The van der Waals surface area contributed by atoms with Crippen LogP contribution in [0.25, 0.3) is 0 Å². The van der Waals surface area contributed by atoms with Crippen molar-refractivity contribution in [2.75, 3.05) is 13.2 Å². The van der Waals surface area contributed by atoms with E-state index >= 15 is 0 Å². The molecule has 0 aliphatic carbocycles. The summed E-state index contributed by atoms with van der Waals surface area (Å²) in [6.45, 7) is 0.860. The molecule has 1 amide bonds. The van der Waals surface area contributed by atoms with Crippen molar-refractivity contribution < 1.29 is 9.53 Å². The molecule has 2 unspecified atom stereocenters. The van der Waals surface area contributed by atoms with Gasteiger partial charge in [-0.05, 0) is 36.1 Å². The summed E-state index contributed by atoms with van der Waals surface area (Å²) in [5.74, 6) is 3.21. The van der Waals surface area contributed by atoms with Crippen LogP contribution in [0.4, 0.5) is 0 Å². The standard InChI is InChI=1S/C21H23N3O2/c1-2-14-26-18-10-8-16(9-11-18)12-13-22-21(25)20-15-19(23-24-20)17-6-4-3-5-7-17/h1,3-11,19-20,23-24H,12-15H2,(H,22,25). The van der Waals surface area contributed by atoms with Crippen LogP contribution in [0, 0.1) is 12.3 Å². The number of carbonyl (C=O) groups excluding carboxylic acids is 1. The number of rotatable bonds is 7. The number of hydrogen-bond donors (Lipinski definition) is 3. The van der Waals surface area contributed by atoms with Crippen molar-refractivity contribution in [3.63, 3.8) is 0 Å². The van der Waals surface area contributed by atoms with Crippen LogP contribution < -0.4 is 20.9 Å². The summed E-state index contributed by atoms with van der Waals surface area (Å²) in [6, 6.07) is 17.8. The van der Waals surface area contributed by atoms with Crippen molar-refractivity contribution >= 4 is 5.91 Å². The van der Waals surface area contributed by atoms with E-state index in [9.17, 15) is 4.79 Å². The third kappa shape index (κ3) is 4.85. The molecule has 3 rings (SSSR count). The second-order valence-electron chi connectivity index (χ2n) is 6.22. The molecule has 1 fully saturated rings. The number of benzene rings is 2. The second-order valence-corrected chi connectivity index (χ2v) is 6.22. The highest BCUT2D eigenvalue weighted by molar-refractivity contribution is 5.82. The highest BCUT2D eigenvalue weighted by Crippen LogP contribution is 2.21. The molecule has 1 aliphatic rings. The van der Waals surface area contributed by atoms with E-state index in [0.717, 1.165) is 24.2 Å². The molecule has 0 aromatic heterocycles. The molecular formula is C21H23N3O2. The summed E-state index contributed by atoms with van der Waals surface area (Å²) in [7, 11) is 0. The molecule has 2 aromatic rings. The Morgan fingerprint density at radius 2 is 1.92 bits per heavy atom. The Morgan fingerprint density at radius 1 is 1.15 bits per heavy atom. The molecule has 26 heavy (non-hydrogen) atoms. The molecule has 0 radical (unpaired) electrons. The summed E-state index contributed by atoms with van der Waals surface area (Å²) < 4.78 is 5.35. The van der Waals surface area contributed by atoms with Crippen LogP contribution in [-0.2, 0) is 11.2 Å². The summed E-state index contributed by atoms with van der Waals surface area (Å²) in [4.78, 5) is 12.3. The van der Waals surface area contributed by atoms with Crippen molar-refractivity contribution in [2.45, 2.75) is 24.9 Å². The van der Waals surface area contributed by atoms with Gasteiger partial charge in [-0.25, -0.2) is 10.9 Å². The Morgan fingerprint density at radius 3 is 2.65 bits per heavy atom. The molecule has 0 bridgehead atoms. The van der Waals surface area contributed by atoms with Gasteiger partial charge in [0, 0.05) is 12.6 Å². The maximum Gasteiger partial charge on any atom is 0.238 e. The van der Waals surface area contributed by atoms with Crippen molar-refractivity contribution in [3.05, 3.63) is 65.7 Å². The number of nitrogens with one attached hydrogen (secondary N) is 3. The number of ether oxygens (including phenoxy) is 1. The lowest BCUT2D eigenvalue weighted by molar-refractivity contribution is -0.122. The summed E-state index contributed by atoms with van der Waals surface area (Å²) in [6.07, 6.45) is 6.67. The fourth-order valence-corrected chi connectivity index (χ4v) is 2.96. The van der Waals surface area contributed by atoms with Crippen LogP contribution in [-0.4, -0.2) is 25.1 Å². The Hall–Kier alpha value is -2.81. The summed E-state index contributed by atoms with van der Waals surface area (Å²) in [5.41, 5.74) is 8.60. The molecular weight excluding hydrogens is 326 g/mol. The van der Waals surface area contributed by atoms with E-state index in [1.807, 2.05) is 42.5 Å². The predicted molar refractivity (Wildman–Crippen MR) is 101 cm³/mol. The second kappa shape index (κ2) is 9.04. The molecule has 5 heteroatoms. The average molecular weight is 349 g/mol. The predicted octanol–water partition coefficient (Wildman–Crippen LogP) is 1.97. The Kier molecular flexibility index (Phi) is 6.26. The van der Waals surface area contributed by atoms with Gasteiger partial charge >= 0.3 is 0 Å². The van der Waals surface area contributed by atoms with Gasteiger partial charge in [-0.1, -0.05) is 48.4 Å². The zero-order valence-corrected chi connectivity index (χ0v) is 14.6. The van der Waals surface area contributed by atoms with Gasteiger partial charge in [0.1, 0.15) is 18.4 Å². The van der Waals surface area contributed by atoms with Crippen molar-refractivity contribution in [3.8, 4) is 18.1 Å². The maximum atomic E-state index is 12.3. The van der Waals surface area contributed by atoms with Crippen molar-refractivity contribution in [2.24, 2.45) is 0 Å². The lowest BCUT2D eigenvalue weighted by Gasteiger charge is -2.11. The van der Waals surface area contributed by atoms with Gasteiger partial charge < -0.3 is 10.1 Å². The third-order valence-electron chi connectivity index (χ3n) is 4.38. The minimum absolute atomic E-state index is 0.0184. The number of amides is 1. The third-order valence-corrected chi connectivity index (χ3v) is 4.38. The smallest absolute Gasteiger partial charge is 0.238 e. The summed E-state index contributed by atoms with van der Waals surface area (Å²) in [5, 5.41) is 2.99. The molecule has 3 N–H and O–H groups in total. The molecule has 1 heterocycles. The Bertz CT molecular complexity index is 753. The highest BCUT2D eigenvalue weighted by atomic mass is 16.5. The fraction of sp³-hybridized carbons (Fsp3) is 0.286. The van der Waals surface area contributed by atoms with Crippen LogP contribution in [0.5, 0.6) is 5.75 Å². The first kappa shape index (κ1) is 18.0. The minimum Gasteiger partial charge on any atom is -0.481 e. The highest BCUT2D eigenvalue weighted by Gasteiger charge is 2.29. The van der Waals surface area contributed by atoms with Crippen LogP contribution in [0.2, 0.25) is 0 Å². The maximum absolute atomic E-state index is 12.3. The summed E-state index contributed by atoms with van der Waals surface area (Å²) >= 11 is 0.